The molecular formula is C26H20BrNO4. The van der Waals surface area contributed by atoms with Gasteiger partial charge < -0.3 is 14.1 Å². The lowest BCUT2D eigenvalue weighted by Crippen LogP contribution is -2.31. The Morgan fingerprint density at radius 3 is 2.47 bits per heavy atom. The van der Waals surface area contributed by atoms with Gasteiger partial charge in [-0.3, -0.25) is 9.59 Å². The third-order valence-corrected chi connectivity index (χ3v) is 6.34. The van der Waals surface area contributed by atoms with Crippen LogP contribution in [0.4, 0.5) is 0 Å². The van der Waals surface area contributed by atoms with Gasteiger partial charge in [-0.2, -0.15) is 0 Å². The number of halogens is 1. The Labute approximate surface area is 193 Å². The second-order valence-electron chi connectivity index (χ2n) is 7.72. The first-order valence-corrected chi connectivity index (χ1v) is 11.1. The average Bonchev–Trinajstić information content (AvgIpc) is 3.11. The van der Waals surface area contributed by atoms with Crippen molar-refractivity contribution < 1.29 is 13.9 Å². The van der Waals surface area contributed by atoms with Crippen LogP contribution in [-0.4, -0.2) is 24.5 Å². The van der Waals surface area contributed by atoms with E-state index in [1.54, 1.807) is 30.2 Å². The molecule has 6 heteroatoms. The number of fused-ring (bicyclic) bond motifs is 2. The average molecular weight is 490 g/mol. The molecule has 0 bridgehead atoms. The highest BCUT2D eigenvalue weighted by Gasteiger charge is 2.42. The molecule has 160 valence electrons. The van der Waals surface area contributed by atoms with Gasteiger partial charge in [0.05, 0.1) is 24.1 Å². The largest absolute Gasteiger partial charge is 0.497 e. The molecule has 0 aliphatic carbocycles. The molecule has 32 heavy (non-hydrogen) atoms. The van der Waals surface area contributed by atoms with Gasteiger partial charge in [0, 0.05) is 11.0 Å². The lowest BCUT2D eigenvalue weighted by molar-refractivity contribution is 0.0730. The fourth-order valence-electron chi connectivity index (χ4n) is 4.25. The maximum atomic E-state index is 13.5. The zero-order valence-electron chi connectivity index (χ0n) is 17.4. The number of carbonyl (C=O) groups is 1. The molecule has 5 nitrogen and oxygen atoms in total. The fourth-order valence-corrected chi connectivity index (χ4v) is 4.61. The van der Waals surface area contributed by atoms with Crippen molar-refractivity contribution in [3.8, 4) is 5.75 Å². The van der Waals surface area contributed by atoms with Crippen LogP contribution in [0.2, 0.25) is 0 Å². The van der Waals surface area contributed by atoms with Gasteiger partial charge in [0.2, 0.25) is 5.76 Å². The molecule has 0 saturated heterocycles. The summed E-state index contributed by atoms with van der Waals surface area (Å²) in [5.41, 5.74) is 2.61. The summed E-state index contributed by atoms with van der Waals surface area (Å²) in [6.45, 7) is 0.453. The minimum Gasteiger partial charge on any atom is -0.497 e. The monoisotopic (exact) mass is 489 g/mol. The van der Waals surface area contributed by atoms with E-state index in [1.807, 2.05) is 54.6 Å². The molecule has 1 amide bonds. The molecule has 1 atom stereocenters. The van der Waals surface area contributed by atoms with Gasteiger partial charge in [0.15, 0.2) is 5.43 Å². The number of hydrogen-bond acceptors (Lipinski definition) is 4. The highest BCUT2D eigenvalue weighted by atomic mass is 79.9. The van der Waals surface area contributed by atoms with E-state index >= 15 is 0 Å². The predicted molar refractivity (Wildman–Crippen MR) is 126 cm³/mol. The minimum absolute atomic E-state index is 0.133. The molecule has 0 radical (unpaired) electrons. The molecule has 0 fully saturated rings. The summed E-state index contributed by atoms with van der Waals surface area (Å²) >= 11 is 3.43. The van der Waals surface area contributed by atoms with Gasteiger partial charge in [0.1, 0.15) is 11.3 Å². The molecule has 3 aromatic carbocycles. The van der Waals surface area contributed by atoms with Crippen molar-refractivity contribution in [2.24, 2.45) is 0 Å². The molecule has 2 heterocycles. The van der Waals surface area contributed by atoms with Crippen LogP contribution in [0.15, 0.2) is 86.5 Å². The lowest BCUT2D eigenvalue weighted by Gasteiger charge is -2.25. The molecule has 0 N–H and O–H groups in total. The van der Waals surface area contributed by atoms with E-state index in [0.717, 1.165) is 21.3 Å². The van der Waals surface area contributed by atoms with Crippen LogP contribution in [0.25, 0.3) is 11.0 Å². The second-order valence-corrected chi connectivity index (χ2v) is 8.64. The van der Waals surface area contributed by atoms with Crippen molar-refractivity contribution in [1.82, 2.24) is 4.90 Å². The van der Waals surface area contributed by atoms with E-state index in [0.29, 0.717) is 29.5 Å². The smallest absolute Gasteiger partial charge is 0.290 e. The zero-order valence-corrected chi connectivity index (χ0v) is 19.0. The van der Waals surface area contributed by atoms with Gasteiger partial charge in [0.25, 0.3) is 5.91 Å². The predicted octanol–water partition coefficient (Wildman–Crippen LogP) is 5.35. The Balaban J connectivity index is 1.59. The topological polar surface area (TPSA) is 59.8 Å². The highest BCUT2D eigenvalue weighted by Crippen LogP contribution is 2.38. The minimum atomic E-state index is -0.489. The van der Waals surface area contributed by atoms with E-state index in [4.69, 9.17) is 9.15 Å². The van der Waals surface area contributed by atoms with Crippen LogP contribution in [0.1, 0.15) is 33.3 Å². The van der Waals surface area contributed by atoms with Crippen LogP contribution >= 0.6 is 15.9 Å². The molecule has 5 rings (SSSR count). The summed E-state index contributed by atoms with van der Waals surface area (Å²) in [5.74, 6) is 0.658. The number of nitrogens with zero attached hydrogens (tertiary/aromatic N) is 1. The van der Waals surface area contributed by atoms with E-state index in [-0.39, 0.29) is 17.1 Å². The quantitative estimate of drug-likeness (QED) is 0.379. The van der Waals surface area contributed by atoms with Crippen molar-refractivity contribution in [1.29, 1.82) is 0 Å². The number of hydrogen-bond donors (Lipinski definition) is 0. The molecule has 0 unspecified atom stereocenters. The van der Waals surface area contributed by atoms with Crippen molar-refractivity contribution >= 4 is 32.8 Å². The third-order valence-electron chi connectivity index (χ3n) is 5.84. The molecule has 0 spiro atoms. The maximum absolute atomic E-state index is 13.5. The number of rotatable bonds is 5. The van der Waals surface area contributed by atoms with Crippen LogP contribution in [0.5, 0.6) is 5.75 Å². The van der Waals surface area contributed by atoms with Crippen molar-refractivity contribution in [2.45, 2.75) is 12.5 Å². The van der Waals surface area contributed by atoms with Gasteiger partial charge in [-0.1, -0.05) is 58.4 Å². The standard InChI is InChI=1S/C26H20BrNO4/c1-31-19-10-7-16(8-11-19)13-14-28-23(17-5-3-2-4-6-17)22-24(29)20-15-18(27)9-12-21(20)32-25(22)26(28)30/h2-12,15,23H,13-14H2,1H3/t23-/m1/s1. The van der Waals surface area contributed by atoms with Crippen molar-refractivity contribution in [2.75, 3.05) is 13.7 Å². The summed E-state index contributed by atoms with van der Waals surface area (Å²) in [5, 5.41) is 0.462. The molecule has 1 aliphatic heterocycles. The Morgan fingerprint density at radius 2 is 1.75 bits per heavy atom. The lowest BCUT2D eigenvalue weighted by atomic mass is 9.98. The van der Waals surface area contributed by atoms with Gasteiger partial charge in [-0.15, -0.1) is 0 Å². The van der Waals surface area contributed by atoms with Gasteiger partial charge >= 0.3 is 0 Å². The first-order valence-electron chi connectivity index (χ1n) is 10.3. The van der Waals surface area contributed by atoms with E-state index in [9.17, 15) is 9.59 Å². The van der Waals surface area contributed by atoms with E-state index < -0.39 is 6.04 Å². The molecule has 1 aromatic heterocycles. The summed E-state index contributed by atoms with van der Waals surface area (Å²) in [7, 11) is 1.63. The summed E-state index contributed by atoms with van der Waals surface area (Å²) in [6.07, 6.45) is 0.645. The molecule has 4 aromatic rings. The Kier molecular flexibility index (Phi) is 5.31. The van der Waals surface area contributed by atoms with Crippen molar-refractivity contribution in [3.63, 3.8) is 0 Å². The Morgan fingerprint density at radius 1 is 1.00 bits per heavy atom. The van der Waals surface area contributed by atoms with Gasteiger partial charge in [-0.25, -0.2) is 0 Å². The van der Waals surface area contributed by atoms with Crippen LogP contribution < -0.4 is 10.2 Å². The van der Waals surface area contributed by atoms with E-state index in [2.05, 4.69) is 15.9 Å². The van der Waals surface area contributed by atoms with Crippen LogP contribution in [0, 0.1) is 0 Å². The number of ether oxygens (including phenoxy) is 1. The van der Waals surface area contributed by atoms with Crippen LogP contribution in [0.3, 0.4) is 0 Å². The first-order chi connectivity index (χ1) is 15.6. The molecule has 1 aliphatic rings. The second kappa shape index (κ2) is 8.28. The highest BCUT2D eigenvalue weighted by molar-refractivity contribution is 9.10. The summed E-state index contributed by atoms with van der Waals surface area (Å²) in [4.78, 5) is 28.7. The first kappa shape index (κ1) is 20.5. The fraction of sp³-hybridized carbons (Fsp3) is 0.154. The maximum Gasteiger partial charge on any atom is 0.290 e. The van der Waals surface area contributed by atoms with E-state index in [1.165, 1.54) is 0 Å². The number of amides is 1. The zero-order chi connectivity index (χ0) is 22.2. The normalized spacial score (nSPS) is 15.2. The van der Waals surface area contributed by atoms with Crippen molar-refractivity contribution in [3.05, 3.63) is 110 Å². The number of methoxy groups -OCH3 is 1. The van der Waals surface area contributed by atoms with Gasteiger partial charge in [-0.05, 0) is 47.9 Å². The summed E-state index contributed by atoms with van der Waals surface area (Å²) in [6, 6.07) is 22.2. The third kappa shape index (κ3) is 3.50. The molecular weight excluding hydrogens is 470 g/mol. The summed E-state index contributed by atoms with van der Waals surface area (Å²) < 4.78 is 12.0. The molecule has 0 saturated carbocycles. The SMILES string of the molecule is COc1ccc(CCN2C(=O)c3oc4ccc(Br)cc4c(=O)c3[C@H]2c2ccccc2)cc1. The number of benzene rings is 3. The Hall–Kier alpha value is -3.38. The number of carbonyl (C=O) groups excluding carboxylic acids is 1. The van der Waals surface area contributed by atoms with Crippen LogP contribution in [-0.2, 0) is 6.42 Å². The Bertz CT molecular complexity index is 1360.